The third-order valence-corrected chi connectivity index (χ3v) is 5.76. The monoisotopic (exact) mass is 351 g/mol. The number of hydrogen-bond donors (Lipinski definition) is 1. The molecule has 2 heterocycles. The summed E-state index contributed by atoms with van der Waals surface area (Å²) in [6, 6.07) is 5.31. The van der Waals surface area contributed by atoms with Gasteiger partial charge in [0.2, 0.25) is 15.9 Å². The van der Waals surface area contributed by atoms with Crippen LogP contribution in [-0.4, -0.2) is 61.9 Å². The van der Waals surface area contributed by atoms with Crippen LogP contribution in [0.15, 0.2) is 18.2 Å². The molecule has 1 fully saturated rings. The summed E-state index contributed by atoms with van der Waals surface area (Å²) in [7, 11) is -3.23. The second-order valence-electron chi connectivity index (χ2n) is 6.23. The fourth-order valence-electron chi connectivity index (χ4n) is 3.13. The molecule has 0 aromatic heterocycles. The van der Waals surface area contributed by atoms with Crippen LogP contribution in [0.2, 0.25) is 0 Å². The lowest BCUT2D eigenvalue weighted by molar-refractivity contribution is -0.116. The maximum atomic E-state index is 12.7. The van der Waals surface area contributed by atoms with Gasteiger partial charge in [-0.1, -0.05) is 0 Å². The van der Waals surface area contributed by atoms with Gasteiger partial charge in [-0.3, -0.25) is 9.59 Å². The van der Waals surface area contributed by atoms with E-state index in [0.717, 1.165) is 11.3 Å². The number of rotatable bonds is 2. The van der Waals surface area contributed by atoms with E-state index in [-0.39, 0.29) is 11.8 Å². The van der Waals surface area contributed by atoms with Crippen molar-refractivity contribution >= 4 is 27.5 Å². The summed E-state index contributed by atoms with van der Waals surface area (Å²) in [5, 5.41) is 2.80. The minimum absolute atomic E-state index is 0.00467. The van der Waals surface area contributed by atoms with Crippen molar-refractivity contribution in [2.75, 3.05) is 37.8 Å². The van der Waals surface area contributed by atoms with Gasteiger partial charge in [0.05, 0.1) is 6.26 Å². The molecule has 1 N–H and O–H groups in total. The van der Waals surface area contributed by atoms with E-state index < -0.39 is 10.0 Å². The molecule has 130 valence electrons. The van der Waals surface area contributed by atoms with Crippen molar-refractivity contribution in [1.29, 1.82) is 0 Å². The number of carbonyl (C=O) groups is 2. The van der Waals surface area contributed by atoms with Gasteiger partial charge in [-0.15, -0.1) is 0 Å². The van der Waals surface area contributed by atoms with Gasteiger partial charge >= 0.3 is 0 Å². The number of sulfonamides is 1. The van der Waals surface area contributed by atoms with E-state index in [1.54, 1.807) is 17.0 Å². The molecule has 2 aliphatic heterocycles. The molecule has 24 heavy (non-hydrogen) atoms. The third-order valence-electron chi connectivity index (χ3n) is 4.46. The standard InChI is InChI=1S/C16H21N3O4S/c1-24(22,23)19-8-2-7-18(9-10-19)16(21)13-3-5-14-12(11-13)4-6-15(20)17-14/h3,5,11H,2,4,6-10H2,1H3,(H,17,20). The summed E-state index contributed by atoms with van der Waals surface area (Å²) in [4.78, 5) is 25.8. The highest BCUT2D eigenvalue weighted by Gasteiger charge is 2.25. The number of fused-ring (bicyclic) bond motifs is 1. The van der Waals surface area contributed by atoms with Gasteiger partial charge in [0.25, 0.3) is 5.91 Å². The summed E-state index contributed by atoms with van der Waals surface area (Å²) in [6.07, 6.45) is 2.88. The van der Waals surface area contributed by atoms with Crippen molar-refractivity contribution in [3.05, 3.63) is 29.3 Å². The first-order valence-electron chi connectivity index (χ1n) is 8.02. The fourth-order valence-corrected chi connectivity index (χ4v) is 4.00. The van der Waals surface area contributed by atoms with Crippen LogP contribution in [0.1, 0.15) is 28.8 Å². The first-order chi connectivity index (χ1) is 11.3. The molecular weight excluding hydrogens is 330 g/mol. The van der Waals surface area contributed by atoms with E-state index in [1.807, 2.05) is 6.07 Å². The minimum Gasteiger partial charge on any atom is -0.337 e. The highest BCUT2D eigenvalue weighted by Crippen LogP contribution is 2.24. The van der Waals surface area contributed by atoms with Crippen molar-refractivity contribution in [3.8, 4) is 0 Å². The summed E-state index contributed by atoms with van der Waals surface area (Å²) < 4.78 is 24.7. The molecule has 0 unspecified atom stereocenters. The van der Waals surface area contributed by atoms with Crippen LogP contribution >= 0.6 is 0 Å². The lowest BCUT2D eigenvalue weighted by atomic mass is 10.00. The lowest BCUT2D eigenvalue weighted by Crippen LogP contribution is -2.37. The molecular formula is C16H21N3O4S. The molecule has 1 aromatic carbocycles. The average Bonchev–Trinajstić information content (AvgIpc) is 2.79. The smallest absolute Gasteiger partial charge is 0.253 e. The van der Waals surface area contributed by atoms with Gasteiger partial charge in [0, 0.05) is 43.9 Å². The Bertz CT molecular complexity index is 776. The van der Waals surface area contributed by atoms with E-state index in [1.165, 1.54) is 10.6 Å². The zero-order chi connectivity index (χ0) is 17.3. The Morgan fingerprint density at radius 1 is 1.12 bits per heavy atom. The normalized spacial score (nSPS) is 19.4. The quantitative estimate of drug-likeness (QED) is 0.849. The summed E-state index contributed by atoms with van der Waals surface area (Å²) in [5.74, 6) is -0.0972. The molecule has 3 rings (SSSR count). The second-order valence-corrected chi connectivity index (χ2v) is 8.21. The zero-order valence-electron chi connectivity index (χ0n) is 13.6. The van der Waals surface area contributed by atoms with E-state index in [4.69, 9.17) is 0 Å². The number of nitrogens with zero attached hydrogens (tertiary/aromatic N) is 2. The van der Waals surface area contributed by atoms with Crippen molar-refractivity contribution in [1.82, 2.24) is 9.21 Å². The molecule has 0 spiro atoms. The number of nitrogens with one attached hydrogen (secondary N) is 1. The highest BCUT2D eigenvalue weighted by molar-refractivity contribution is 7.88. The Kier molecular flexibility index (Phi) is 4.60. The molecule has 0 atom stereocenters. The number of amides is 2. The van der Waals surface area contributed by atoms with Crippen LogP contribution < -0.4 is 5.32 Å². The van der Waals surface area contributed by atoms with E-state index in [2.05, 4.69) is 5.32 Å². The van der Waals surface area contributed by atoms with Gasteiger partial charge in [-0.25, -0.2) is 12.7 Å². The van der Waals surface area contributed by atoms with E-state index in [0.29, 0.717) is 51.0 Å². The molecule has 0 saturated carbocycles. The maximum Gasteiger partial charge on any atom is 0.253 e. The molecule has 7 nitrogen and oxygen atoms in total. The molecule has 2 aliphatic rings. The molecule has 0 aliphatic carbocycles. The highest BCUT2D eigenvalue weighted by atomic mass is 32.2. The van der Waals surface area contributed by atoms with Crippen molar-refractivity contribution in [3.63, 3.8) is 0 Å². The molecule has 1 saturated heterocycles. The van der Waals surface area contributed by atoms with E-state index >= 15 is 0 Å². The Balaban J connectivity index is 1.74. The largest absolute Gasteiger partial charge is 0.337 e. The number of hydrogen-bond acceptors (Lipinski definition) is 4. The Morgan fingerprint density at radius 3 is 2.67 bits per heavy atom. The SMILES string of the molecule is CS(=O)(=O)N1CCCN(C(=O)c2ccc3c(c2)CCC(=O)N3)CC1. The van der Waals surface area contributed by atoms with Gasteiger partial charge in [-0.2, -0.15) is 0 Å². The number of anilines is 1. The van der Waals surface area contributed by atoms with Crippen LogP contribution in [0.5, 0.6) is 0 Å². The summed E-state index contributed by atoms with van der Waals surface area (Å²) in [6.45, 7) is 1.70. The van der Waals surface area contributed by atoms with Crippen molar-refractivity contribution < 1.29 is 18.0 Å². The topological polar surface area (TPSA) is 86.8 Å². The molecule has 8 heteroatoms. The molecule has 0 radical (unpaired) electrons. The summed E-state index contributed by atoms with van der Waals surface area (Å²) in [5.41, 5.74) is 2.31. The first kappa shape index (κ1) is 16.9. The number of benzene rings is 1. The molecule has 2 amide bonds. The van der Waals surface area contributed by atoms with Gasteiger partial charge < -0.3 is 10.2 Å². The maximum absolute atomic E-state index is 12.7. The summed E-state index contributed by atoms with van der Waals surface area (Å²) >= 11 is 0. The number of aryl methyl sites for hydroxylation is 1. The molecule has 1 aromatic rings. The molecule has 0 bridgehead atoms. The van der Waals surface area contributed by atoms with Crippen LogP contribution in [-0.2, 0) is 21.2 Å². The van der Waals surface area contributed by atoms with Crippen LogP contribution in [0.4, 0.5) is 5.69 Å². The fraction of sp³-hybridized carbons (Fsp3) is 0.500. The number of carbonyl (C=O) groups excluding carboxylic acids is 2. The third kappa shape index (κ3) is 3.59. The van der Waals surface area contributed by atoms with Crippen LogP contribution in [0.3, 0.4) is 0 Å². The van der Waals surface area contributed by atoms with Gasteiger partial charge in [-0.05, 0) is 36.6 Å². The average molecular weight is 351 g/mol. The Hall–Kier alpha value is -1.93. The van der Waals surface area contributed by atoms with Crippen molar-refractivity contribution in [2.45, 2.75) is 19.3 Å². The lowest BCUT2D eigenvalue weighted by Gasteiger charge is -2.22. The van der Waals surface area contributed by atoms with Gasteiger partial charge in [0.1, 0.15) is 0 Å². The second kappa shape index (κ2) is 6.52. The predicted molar refractivity (Wildman–Crippen MR) is 90.3 cm³/mol. The van der Waals surface area contributed by atoms with Crippen molar-refractivity contribution in [2.24, 2.45) is 0 Å². The Labute approximate surface area is 141 Å². The van der Waals surface area contributed by atoms with E-state index in [9.17, 15) is 18.0 Å². The Morgan fingerprint density at radius 2 is 1.92 bits per heavy atom. The predicted octanol–water partition coefficient (Wildman–Crippen LogP) is 0.679. The minimum atomic E-state index is -3.23. The van der Waals surface area contributed by atoms with Crippen LogP contribution in [0, 0.1) is 0 Å². The zero-order valence-corrected chi connectivity index (χ0v) is 14.4. The van der Waals surface area contributed by atoms with Crippen LogP contribution in [0.25, 0.3) is 0 Å². The van der Waals surface area contributed by atoms with Gasteiger partial charge in [0.15, 0.2) is 0 Å². The first-order valence-corrected chi connectivity index (χ1v) is 9.86.